The van der Waals surface area contributed by atoms with Crippen molar-refractivity contribution in [1.82, 2.24) is 10.6 Å². The van der Waals surface area contributed by atoms with Crippen molar-refractivity contribution in [2.45, 2.75) is 6.04 Å². The van der Waals surface area contributed by atoms with Gasteiger partial charge in [-0.2, -0.15) is 0 Å². The standard InChI is InChI=1S/C6H10N2O3/c1-11-3-4-6(10)7-2-5(9)8-4/h4H,2-3H2,1H3,(H,7,10)(H,8,9)/t4-/m0/s1. The van der Waals surface area contributed by atoms with Crippen LogP contribution in [0.2, 0.25) is 0 Å². The molecule has 2 N–H and O–H groups in total. The van der Waals surface area contributed by atoms with Gasteiger partial charge in [-0.25, -0.2) is 0 Å². The predicted molar refractivity (Wildman–Crippen MR) is 36.8 cm³/mol. The maximum absolute atomic E-state index is 10.9. The summed E-state index contributed by atoms with van der Waals surface area (Å²) in [6.07, 6.45) is 0. The molecule has 0 radical (unpaired) electrons. The molecule has 62 valence electrons. The molecule has 0 bridgehead atoms. The molecule has 1 saturated heterocycles. The van der Waals surface area contributed by atoms with E-state index in [0.29, 0.717) is 0 Å². The lowest BCUT2D eigenvalue weighted by molar-refractivity contribution is -0.134. The van der Waals surface area contributed by atoms with Crippen LogP contribution in [0.25, 0.3) is 0 Å². The fourth-order valence-corrected chi connectivity index (χ4v) is 0.886. The Labute approximate surface area is 64.1 Å². The number of carbonyl (C=O) groups excluding carboxylic acids is 2. The highest BCUT2D eigenvalue weighted by atomic mass is 16.5. The Kier molecular flexibility index (Phi) is 2.43. The molecule has 0 spiro atoms. The number of amides is 2. The average Bonchev–Trinajstić information content (AvgIpc) is 1.98. The van der Waals surface area contributed by atoms with E-state index in [0.717, 1.165) is 0 Å². The van der Waals surface area contributed by atoms with Crippen LogP contribution in [0, 0.1) is 0 Å². The predicted octanol–water partition coefficient (Wildman–Crippen LogP) is -1.75. The van der Waals surface area contributed by atoms with Gasteiger partial charge in [0.25, 0.3) is 0 Å². The van der Waals surface area contributed by atoms with E-state index in [9.17, 15) is 9.59 Å². The molecule has 11 heavy (non-hydrogen) atoms. The van der Waals surface area contributed by atoms with Gasteiger partial charge in [-0.3, -0.25) is 9.59 Å². The summed E-state index contributed by atoms with van der Waals surface area (Å²) in [7, 11) is 1.48. The van der Waals surface area contributed by atoms with Crippen LogP contribution < -0.4 is 10.6 Å². The van der Waals surface area contributed by atoms with E-state index >= 15 is 0 Å². The fourth-order valence-electron chi connectivity index (χ4n) is 0.886. The van der Waals surface area contributed by atoms with Crippen molar-refractivity contribution >= 4 is 11.8 Å². The van der Waals surface area contributed by atoms with Crippen LogP contribution in [-0.4, -0.2) is 38.1 Å². The third-order valence-corrected chi connectivity index (χ3v) is 1.41. The molecular weight excluding hydrogens is 148 g/mol. The van der Waals surface area contributed by atoms with Gasteiger partial charge in [0.05, 0.1) is 13.2 Å². The van der Waals surface area contributed by atoms with Crippen LogP contribution in [0.1, 0.15) is 0 Å². The van der Waals surface area contributed by atoms with Crippen molar-refractivity contribution in [1.29, 1.82) is 0 Å². The minimum atomic E-state index is -0.527. The summed E-state index contributed by atoms with van der Waals surface area (Å²) in [5.74, 6) is -0.363. The topological polar surface area (TPSA) is 67.4 Å². The average molecular weight is 158 g/mol. The third-order valence-electron chi connectivity index (χ3n) is 1.41. The number of ether oxygens (including phenoxy) is 1. The minimum Gasteiger partial charge on any atom is -0.382 e. The quantitative estimate of drug-likeness (QED) is 0.500. The molecule has 0 aliphatic carbocycles. The zero-order valence-corrected chi connectivity index (χ0v) is 6.22. The molecule has 0 saturated carbocycles. The van der Waals surface area contributed by atoms with Crippen LogP contribution in [0.15, 0.2) is 0 Å². The van der Waals surface area contributed by atoms with Crippen molar-refractivity contribution in [3.63, 3.8) is 0 Å². The minimum absolute atomic E-state index is 0.0685. The highest BCUT2D eigenvalue weighted by molar-refractivity contribution is 5.94. The van der Waals surface area contributed by atoms with Crippen LogP contribution in [0.5, 0.6) is 0 Å². The van der Waals surface area contributed by atoms with Crippen molar-refractivity contribution in [2.75, 3.05) is 20.3 Å². The van der Waals surface area contributed by atoms with Crippen LogP contribution in [0.3, 0.4) is 0 Å². The van der Waals surface area contributed by atoms with Gasteiger partial charge >= 0.3 is 0 Å². The maximum atomic E-state index is 10.9. The van der Waals surface area contributed by atoms with Crippen molar-refractivity contribution < 1.29 is 14.3 Å². The van der Waals surface area contributed by atoms with Gasteiger partial charge in [-0.15, -0.1) is 0 Å². The Hall–Kier alpha value is -1.10. The molecule has 5 nitrogen and oxygen atoms in total. The second-order valence-electron chi connectivity index (χ2n) is 2.29. The largest absolute Gasteiger partial charge is 0.382 e. The highest BCUT2D eigenvalue weighted by Gasteiger charge is 2.25. The molecule has 0 aromatic heterocycles. The number of piperazine rings is 1. The van der Waals surface area contributed by atoms with E-state index in [2.05, 4.69) is 10.6 Å². The first-order valence-electron chi connectivity index (χ1n) is 3.30. The summed E-state index contributed by atoms with van der Waals surface area (Å²) in [4.78, 5) is 21.6. The smallest absolute Gasteiger partial charge is 0.245 e. The van der Waals surface area contributed by atoms with E-state index in [4.69, 9.17) is 4.74 Å². The van der Waals surface area contributed by atoms with E-state index in [1.165, 1.54) is 7.11 Å². The van der Waals surface area contributed by atoms with E-state index in [1.54, 1.807) is 0 Å². The first-order chi connectivity index (χ1) is 5.24. The van der Waals surface area contributed by atoms with Gasteiger partial charge in [0.15, 0.2) is 0 Å². The van der Waals surface area contributed by atoms with Crippen LogP contribution >= 0.6 is 0 Å². The van der Waals surface area contributed by atoms with Crippen molar-refractivity contribution in [3.8, 4) is 0 Å². The fraction of sp³-hybridized carbons (Fsp3) is 0.667. The molecule has 1 heterocycles. The van der Waals surface area contributed by atoms with E-state index in [1.807, 2.05) is 0 Å². The lowest BCUT2D eigenvalue weighted by Crippen LogP contribution is -2.57. The SMILES string of the molecule is COC[C@@H]1NC(=O)CNC1=O. The van der Waals surface area contributed by atoms with Gasteiger partial charge < -0.3 is 15.4 Å². The van der Waals surface area contributed by atoms with Gasteiger partial charge in [0.1, 0.15) is 6.04 Å². The molecule has 0 unspecified atom stereocenters. The second kappa shape index (κ2) is 3.34. The highest BCUT2D eigenvalue weighted by Crippen LogP contribution is 1.90. The normalized spacial score (nSPS) is 24.3. The van der Waals surface area contributed by atoms with Crippen LogP contribution in [0.4, 0.5) is 0 Å². The number of methoxy groups -OCH3 is 1. The zero-order chi connectivity index (χ0) is 8.27. The molecule has 1 rings (SSSR count). The summed E-state index contributed by atoms with van der Waals surface area (Å²) in [6.45, 7) is 0.288. The van der Waals surface area contributed by atoms with E-state index < -0.39 is 6.04 Å². The van der Waals surface area contributed by atoms with Gasteiger partial charge in [-0.1, -0.05) is 0 Å². The number of hydrogen-bond acceptors (Lipinski definition) is 3. The third kappa shape index (κ3) is 1.91. The molecule has 0 aromatic rings. The number of hydrogen-bond donors (Lipinski definition) is 2. The first-order valence-corrected chi connectivity index (χ1v) is 3.30. The van der Waals surface area contributed by atoms with Gasteiger partial charge in [0, 0.05) is 7.11 Å². The number of carbonyl (C=O) groups is 2. The summed E-state index contributed by atoms with van der Waals surface area (Å²) in [5.41, 5.74) is 0. The summed E-state index contributed by atoms with van der Waals surface area (Å²) < 4.78 is 4.72. The molecule has 1 fully saturated rings. The molecule has 5 heteroatoms. The Morgan fingerprint density at radius 1 is 1.64 bits per heavy atom. The monoisotopic (exact) mass is 158 g/mol. The Balaban J connectivity index is 2.47. The summed E-state index contributed by atoms with van der Waals surface area (Å²) in [5, 5.41) is 4.93. The lowest BCUT2D eigenvalue weighted by Gasteiger charge is -2.21. The summed E-state index contributed by atoms with van der Waals surface area (Å²) in [6, 6.07) is -0.527. The molecule has 1 atom stereocenters. The van der Waals surface area contributed by atoms with Gasteiger partial charge in [0.2, 0.25) is 11.8 Å². The Morgan fingerprint density at radius 2 is 2.36 bits per heavy atom. The molecule has 1 aliphatic rings. The van der Waals surface area contributed by atoms with E-state index in [-0.39, 0.29) is 25.0 Å². The van der Waals surface area contributed by atoms with Gasteiger partial charge in [-0.05, 0) is 0 Å². The lowest BCUT2D eigenvalue weighted by atomic mass is 10.2. The second-order valence-corrected chi connectivity index (χ2v) is 2.29. The molecule has 1 aliphatic heterocycles. The first kappa shape index (κ1) is 8.00. The summed E-state index contributed by atoms with van der Waals surface area (Å²) >= 11 is 0. The van der Waals surface area contributed by atoms with Crippen LogP contribution in [-0.2, 0) is 14.3 Å². The Bertz CT molecular complexity index is 181. The maximum Gasteiger partial charge on any atom is 0.245 e. The molecule has 0 aromatic carbocycles. The number of rotatable bonds is 2. The zero-order valence-electron chi connectivity index (χ0n) is 6.22. The van der Waals surface area contributed by atoms with Crippen molar-refractivity contribution in [2.24, 2.45) is 0 Å². The van der Waals surface area contributed by atoms with Crippen molar-refractivity contribution in [3.05, 3.63) is 0 Å². The molecule has 2 amide bonds. The number of nitrogens with one attached hydrogen (secondary N) is 2. The Morgan fingerprint density at radius 3 is 3.00 bits per heavy atom. The molecular formula is C6H10N2O3.